The highest BCUT2D eigenvalue weighted by Gasteiger charge is 2.25. The molecule has 4 aromatic rings. The molecule has 0 saturated heterocycles. The maximum atomic E-state index is 13.0. The molecule has 28 heavy (non-hydrogen) atoms. The summed E-state index contributed by atoms with van der Waals surface area (Å²) in [5.74, 6) is 0.709. The zero-order valence-electron chi connectivity index (χ0n) is 15.9. The predicted octanol–water partition coefficient (Wildman–Crippen LogP) is 2.79. The monoisotopic (exact) mass is 378 g/mol. The van der Waals surface area contributed by atoms with Gasteiger partial charge in [-0.3, -0.25) is 9.59 Å². The van der Waals surface area contributed by atoms with E-state index >= 15 is 0 Å². The highest BCUT2D eigenvalue weighted by Crippen LogP contribution is 2.30. The summed E-state index contributed by atoms with van der Waals surface area (Å²) in [6.07, 6.45) is 4.49. The Balaban J connectivity index is 1.75. The highest BCUT2D eigenvalue weighted by molar-refractivity contribution is 6.08. The number of fused-ring (bicyclic) bond motifs is 3. The molecular formula is C21H22N4O3. The van der Waals surface area contributed by atoms with Crippen molar-refractivity contribution in [2.45, 2.75) is 25.8 Å². The number of nitrogens with one attached hydrogen (secondary N) is 1. The van der Waals surface area contributed by atoms with Crippen molar-refractivity contribution < 1.29 is 9.21 Å². The standard InChI is InChI=1S/C21H22N4O3/c1-3-17(20(26)22-11-10-14-7-6-12-28-14)25-18-9-5-4-8-15(18)16-13-23-24(2)21(27)19(16)25/h4-9,12-13,17H,3,10-11H2,1-2H3,(H,22,26)/t17-/m0/s1. The Hall–Kier alpha value is -3.35. The van der Waals surface area contributed by atoms with Crippen molar-refractivity contribution in [3.63, 3.8) is 0 Å². The zero-order chi connectivity index (χ0) is 19.7. The third kappa shape index (κ3) is 2.98. The second-order valence-corrected chi connectivity index (χ2v) is 6.77. The van der Waals surface area contributed by atoms with Gasteiger partial charge in [-0.25, -0.2) is 4.68 Å². The van der Waals surface area contributed by atoms with Crippen LogP contribution in [0.1, 0.15) is 25.1 Å². The van der Waals surface area contributed by atoms with Gasteiger partial charge in [0.2, 0.25) is 5.91 Å². The zero-order valence-corrected chi connectivity index (χ0v) is 15.9. The molecule has 4 rings (SSSR count). The molecule has 0 unspecified atom stereocenters. The average molecular weight is 378 g/mol. The minimum atomic E-state index is -0.492. The molecule has 1 amide bonds. The molecule has 0 aliphatic heterocycles. The summed E-state index contributed by atoms with van der Waals surface area (Å²) in [4.78, 5) is 25.9. The Kier molecular flexibility index (Phi) is 4.73. The number of furan rings is 1. The van der Waals surface area contributed by atoms with E-state index in [9.17, 15) is 9.59 Å². The number of para-hydroxylation sites is 1. The Bertz CT molecular complexity index is 1190. The second kappa shape index (κ2) is 7.34. The summed E-state index contributed by atoms with van der Waals surface area (Å²) >= 11 is 0. The molecule has 7 heteroatoms. The molecule has 3 aromatic heterocycles. The number of aryl methyl sites for hydroxylation is 1. The molecule has 144 valence electrons. The maximum absolute atomic E-state index is 13.0. The van der Waals surface area contributed by atoms with Crippen LogP contribution >= 0.6 is 0 Å². The van der Waals surface area contributed by atoms with Crippen LogP contribution in [0.15, 0.2) is 58.1 Å². The van der Waals surface area contributed by atoms with E-state index in [0.29, 0.717) is 24.9 Å². The first-order valence-corrected chi connectivity index (χ1v) is 9.37. The van der Waals surface area contributed by atoms with Crippen LogP contribution in [0.25, 0.3) is 21.8 Å². The average Bonchev–Trinajstić information content (AvgIpc) is 3.33. The number of carbonyl (C=O) groups excluding carboxylic acids is 1. The number of aromatic nitrogens is 3. The van der Waals surface area contributed by atoms with E-state index in [1.807, 2.05) is 47.9 Å². The smallest absolute Gasteiger partial charge is 0.291 e. The summed E-state index contributed by atoms with van der Waals surface area (Å²) in [5.41, 5.74) is 1.15. The first-order valence-electron chi connectivity index (χ1n) is 9.37. The molecule has 1 N–H and O–H groups in total. The molecule has 0 aliphatic carbocycles. The first-order chi connectivity index (χ1) is 13.6. The summed E-state index contributed by atoms with van der Waals surface area (Å²) in [7, 11) is 1.62. The molecule has 0 saturated carbocycles. The van der Waals surface area contributed by atoms with Crippen LogP contribution in [-0.2, 0) is 18.3 Å². The molecule has 1 aromatic carbocycles. The highest BCUT2D eigenvalue weighted by atomic mass is 16.3. The lowest BCUT2D eigenvalue weighted by Crippen LogP contribution is -2.34. The van der Waals surface area contributed by atoms with Gasteiger partial charge in [-0.2, -0.15) is 5.10 Å². The lowest BCUT2D eigenvalue weighted by atomic mass is 10.2. The fraction of sp³-hybridized carbons (Fsp3) is 0.286. The number of benzene rings is 1. The molecule has 0 fully saturated rings. The van der Waals surface area contributed by atoms with Crippen LogP contribution < -0.4 is 10.9 Å². The van der Waals surface area contributed by atoms with E-state index in [0.717, 1.165) is 22.0 Å². The van der Waals surface area contributed by atoms with Crippen LogP contribution in [0.3, 0.4) is 0 Å². The predicted molar refractivity (Wildman–Crippen MR) is 107 cm³/mol. The Labute approximate surface area is 161 Å². The summed E-state index contributed by atoms with van der Waals surface area (Å²) < 4.78 is 8.47. The molecule has 0 radical (unpaired) electrons. The summed E-state index contributed by atoms with van der Waals surface area (Å²) in [6, 6.07) is 10.9. The van der Waals surface area contributed by atoms with Gasteiger partial charge in [0, 0.05) is 30.8 Å². The lowest BCUT2D eigenvalue weighted by molar-refractivity contribution is -0.124. The van der Waals surface area contributed by atoms with E-state index in [1.165, 1.54) is 4.68 Å². The van der Waals surface area contributed by atoms with Gasteiger partial charge in [-0.1, -0.05) is 25.1 Å². The third-order valence-corrected chi connectivity index (χ3v) is 5.06. The van der Waals surface area contributed by atoms with Crippen molar-refractivity contribution in [1.29, 1.82) is 0 Å². The molecule has 0 bridgehead atoms. The van der Waals surface area contributed by atoms with Gasteiger partial charge in [0.05, 0.1) is 18.0 Å². The molecule has 0 aliphatic rings. The molecule has 1 atom stereocenters. The lowest BCUT2D eigenvalue weighted by Gasteiger charge is -2.19. The fourth-order valence-electron chi connectivity index (χ4n) is 3.68. The van der Waals surface area contributed by atoms with Gasteiger partial charge < -0.3 is 14.3 Å². The second-order valence-electron chi connectivity index (χ2n) is 6.77. The van der Waals surface area contributed by atoms with E-state index in [4.69, 9.17) is 4.42 Å². The van der Waals surface area contributed by atoms with E-state index < -0.39 is 6.04 Å². The van der Waals surface area contributed by atoms with E-state index in [2.05, 4.69) is 10.4 Å². The van der Waals surface area contributed by atoms with Crippen LogP contribution in [0.2, 0.25) is 0 Å². The van der Waals surface area contributed by atoms with Crippen molar-refractivity contribution in [2.24, 2.45) is 7.05 Å². The van der Waals surface area contributed by atoms with Crippen LogP contribution in [0.4, 0.5) is 0 Å². The first kappa shape index (κ1) is 18.0. The Morgan fingerprint density at radius 3 is 2.79 bits per heavy atom. The maximum Gasteiger partial charge on any atom is 0.291 e. The van der Waals surface area contributed by atoms with Crippen molar-refractivity contribution in [2.75, 3.05) is 6.54 Å². The van der Waals surface area contributed by atoms with Gasteiger partial charge in [-0.05, 0) is 24.6 Å². The van der Waals surface area contributed by atoms with E-state index in [-0.39, 0.29) is 11.5 Å². The van der Waals surface area contributed by atoms with Crippen molar-refractivity contribution in [3.05, 3.63) is 65.0 Å². The van der Waals surface area contributed by atoms with E-state index in [1.54, 1.807) is 19.5 Å². The topological polar surface area (TPSA) is 82.1 Å². The van der Waals surface area contributed by atoms with Crippen LogP contribution in [0.5, 0.6) is 0 Å². The molecule has 7 nitrogen and oxygen atoms in total. The normalized spacial score (nSPS) is 12.5. The molecular weight excluding hydrogens is 356 g/mol. The summed E-state index contributed by atoms with van der Waals surface area (Å²) in [5, 5.41) is 8.82. The molecule has 3 heterocycles. The quantitative estimate of drug-likeness (QED) is 0.559. The fourth-order valence-corrected chi connectivity index (χ4v) is 3.68. The molecule has 0 spiro atoms. The van der Waals surface area contributed by atoms with Gasteiger partial charge in [0.15, 0.2) is 0 Å². The van der Waals surface area contributed by atoms with Gasteiger partial charge in [-0.15, -0.1) is 0 Å². The largest absolute Gasteiger partial charge is 0.469 e. The van der Waals surface area contributed by atoms with Gasteiger partial charge in [0.25, 0.3) is 5.56 Å². The van der Waals surface area contributed by atoms with Crippen LogP contribution in [0, 0.1) is 0 Å². The number of hydrogen-bond acceptors (Lipinski definition) is 4. The van der Waals surface area contributed by atoms with Crippen molar-refractivity contribution >= 4 is 27.7 Å². The Morgan fingerprint density at radius 2 is 2.04 bits per heavy atom. The van der Waals surface area contributed by atoms with Gasteiger partial charge >= 0.3 is 0 Å². The van der Waals surface area contributed by atoms with Crippen molar-refractivity contribution in [1.82, 2.24) is 19.7 Å². The minimum absolute atomic E-state index is 0.115. The number of nitrogens with zero attached hydrogens (tertiary/aromatic N) is 3. The SMILES string of the molecule is CC[C@@H](C(=O)NCCc1ccco1)n1c2ccccc2c2cnn(C)c(=O)c21. The van der Waals surface area contributed by atoms with Crippen LogP contribution in [-0.4, -0.2) is 26.8 Å². The summed E-state index contributed by atoms with van der Waals surface area (Å²) in [6.45, 7) is 2.42. The number of hydrogen-bond donors (Lipinski definition) is 1. The Morgan fingerprint density at radius 1 is 1.21 bits per heavy atom. The number of amides is 1. The van der Waals surface area contributed by atoms with Crippen molar-refractivity contribution in [3.8, 4) is 0 Å². The number of rotatable bonds is 6. The third-order valence-electron chi connectivity index (χ3n) is 5.06. The minimum Gasteiger partial charge on any atom is -0.469 e. The number of carbonyl (C=O) groups is 1. The van der Waals surface area contributed by atoms with Gasteiger partial charge in [0.1, 0.15) is 17.3 Å².